The summed E-state index contributed by atoms with van der Waals surface area (Å²) in [6, 6.07) is 10.4. The molecule has 0 unspecified atom stereocenters. The van der Waals surface area contributed by atoms with Crippen molar-refractivity contribution in [3.05, 3.63) is 47.5 Å². The van der Waals surface area contributed by atoms with Gasteiger partial charge in [-0.3, -0.25) is 4.79 Å². The van der Waals surface area contributed by atoms with E-state index in [0.29, 0.717) is 10.9 Å². The van der Waals surface area contributed by atoms with E-state index >= 15 is 0 Å². The van der Waals surface area contributed by atoms with Gasteiger partial charge < -0.3 is 0 Å². The first-order valence-electron chi connectivity index (χ1n) is 5.47. The Kier molecular flexibility index (Phi) is 3.11. The summed E-state index contributed by atoms with van der Waals surface area (Å²) < 4.78 is 36.9. The van der Waals surface area contributed by atoms with Crippen LogP contribution in [0.2, 0.25) is 0 Å². The van der Waals surface area contributed by atoms with Crippen molar-refractivity contribution in [2.45, 2.75) is 19.5 Å². The first kappa shape index (κ1) is 12.6. The average Bonchev–Trinajstić information content (AvgIpc) is 2.26. The highest BCUT2D eigenvalue weighted by molar-refractivity contribution is 6.09. The van der Waals surface area contributed by atoms with E-state index in [1.54, 1.807) is 43.3 Å². The summed E-state index contributed by atoms with van der Waals surface area (Å²) in [5.41, 5.74) is 0.744. The van der Waals surface area contributed by atoms with Gasteiger partial charge in [0.1, 0.15) is 6.42 Å². The Bertz CT molecular complexity index is 600. The molecule has 18 heavy (non-hydrogen) atoms. The van der Waals surface area contributed by atoms with Crippen LogP contribution in [0.15, 0.2) is 36.4 Å². The molecule has 0 saturated carbocycles. The molecule has 0 saturated heterocycles. The van der Waals surface area contributed by atoms with E-state index in [4.69, 9.17) is 0 Å². The third-order valence-corrected chi connectivity index (χ3v) is 2.78. The number of aryl methyl sites for hydroxylation is 1. The zero-order chi connectivity index (χ0) is 13.3. The average molecular weight is 252 g/mol. The number of benzene rings is 2. The summed E-state index contributed by atoms with van der Waals surface area (Å²) in [4.78, 5) is 11.8. The highest BCUT2D eigenvalue weighted by Gasteiger charge is 2.32. The molecule has 0 aliphatic heterocycles. The number of hydrogen-bond acceptors (Lipinski definition) is 1. The smallest absolute Gasteiger partial charge is 0.294 e. The highest BCUT2D eigenvalue weighted by Crippen LogP contribution is 2.28. The normalized spacial score (nSPS) is 11.8. The molecule has 2 aromatic carbocycles. The van der Waals surface area contributed by atoms with Crippen molar-refractivity contribution in [1.82, 2.24) is 0 Å². The summed E-state index contributed by atoms with van der Waals surface area (Å²) in [6.07, 6.45) is -5.89. The molecule has 0 aliphatic carbocycles. The van der Waals surface area contributed by atoms with Gasteiger partial charge in [-0.05, 0) is 23.3 Å². The molecular weight excluding hydrogens is 241 g/mol. The van der Waals surface area contributed by atoms with E-state index in [1.807, 2.05) is 0 Å². The first-order chi connectivity index (χ1) is 8.38. The molecule has 1 nitrogen and oxygen atoms in total. The standard InChI is InChI=1S/C14H11F3O/c1-9-6-7-10-4-2-3-5-11(10)13(9)12(18)8-14(15,16)17/h2-7H,8H2,1H3. The number of alkyl halides is 3. The lowest BCUT2D eigenvalue weighted by molar-refractivity contribution is -0.125. The second kappa shape index (κ2) is 4.44. The van der Waals surface area contributed by atoms with Gasteiger partial charge >= 0.3 is 6.18 Å². The van der Waals surface area contributed by atoms with Gasteiger partial charge in [-0.15, -0.1) is 0 Å². The van der Waals surface area contributed by atoms with E-state index in [0.717, 1.165) is 5.39 Å². The van der Waals surface area contributed by atoms with E-state index in [2.05, 4.69) is 0 Å². The van der Waals surface area contributed by atoms with Gasteiger partial charge in [0.05, 0.1) is 0 Å². The van der Waals surface area contributed by atoms with Crippen LogP contribution in [0.3, 0.4) is 0 Å². The summed E-state index contributed by atoms with van der Waals surface area (Å²) >= 11 is 0. The molecule has 0 atom stereocenters. The molecule has 0 heterocycles. The zero-order valence-corrected chi connectivity index (χ0v) is 9.71. The summed E-state index contributed by atoms with van der Waals surface area (Å²) in [7, 11) is 0. The maximum atomic E-state index is 12.3. The predicted octanol–water partition coefficient (Wildman–Crippen LogP) is 4.28. The second-order valence-electron chi connectivity index (χ2n) is 4.19. The van der Waals surface area contributed by atoms with Crippen LogP contribution in [-0.2, 0) is 0 Å². The number of carbonyl (C=O) groups is 1. The second-order valence-corrected chi connectivity index (χ2v) is 4.19. The number of carbonyl (C=O) groups excluding carboxylic acids is 1. The van der Waals surface area contributed by atoms with Gasteiger partial charge in [-0.1, -0.05) is 36.4 Å². The predicted molar refractivity (Wildman–Crippen MR) is 63.7 cm³/mol. The third-order valence-electron chi connectivity index (χ3n) is 2.78. The molecule has 0 N–H and O–H groups in total. The van der Waals surface area contributed by atoms with Crippen molar-refractivity contribution in [3.8, 4) is 0 Å². The van der Waals surface area contributed by atoms with Gasteiger partial charge in [0.15, 0.2) is 5.78 Å². The monoisotopic (exact) mass is 252 g/mol. The first-order valence-corrected chi connectivity index (χ1v) is 5.47. The van der Waals surface area contributed by atoms with Crippen LogP contribution in [-0.4, -0.2) is 12.0 Å². The fourth-order valence-corrected chi connectivity index (χ4v) is 2.02. The molecule has 0 spiro atoms. The van der Waals surface area contributed by atoms with E-state index < -0.39 is 18.4 Å². The van der Waals surface area contributed by atoms with Gasteiger partial charge in [0.25, 0.3) is 0 Å². The Morgan fingerprint density at radius 3 is 2.44 bits per heavy atom. The SMILES string of the molecule is Cc1ccc2ccccc2c1C(=O)CC(F)(F)F. The minimum Gasteiger partial charge on any atom is -0.294 e. The fraction of sp³-hybridized carbons (Fsp3) is 0.214. The number of halogens is 3. The minimum absolute atomic E-state index is 0.172. The lowest BCUT2D eigenvalue weighted by atomic mass is 9.95. The largest absolute Gasteiger partial charge is 0.396 e. The Hall–Kier alpha value is -1.84. The fourth-order valence-electron chi connectivity index (χ4n) is 2.02. The van der Waals surface area contributed by atoms with Crippen molar-refractivity contribution in [3.63, 3.8) is 0 Å². The van der Waals surface area contributed by atoms with Crippen LogP contribution in [0.4, 0.5) is 13.2 Å². The highest BCUT2D eigenvalue weighted by atomic mass is 19.4. The lowest BCUT2D eigenvalue weighted by Crippen LogP contribution is -2.16. The van der Waals surface area contributed by atoms with Crippen molar-refractivity contribution in [1.29, 1.82) is 0 Å². The van der Waals surface area contributed by atoms with Gasteiger partial charge in [0.2, 0.25) is 0 Å². The van der Waals surface area contributed by atoms with Gasteiger partial charge in [-0.25, -0.2) is 0 Å². The number of rotatable bonds is 2. The zero-order valence-electron chi connectivity index (χ0n) is 9.71. The topological polar surface area (TPSA) is 17.1 Å². The van der Waals surface area contributed by atoms with E-state index in [9.17, 15) is 18.0 Å². The number of hydrogen-bond donors (Lipinski definition) is 0. The maximum Gasteiger partial charge on any atom is 0.396 e. The van der Waals surface area contributed by atoms with Crippen LogP contribution < -0.4 is 0 Å². The molecule has 0 fully saturated rings. The summed E-state index contributed by atoms with van der Waals surface area (Å²) in [5, 5.41) is 1.35. The van der Waals surface area contributed by atoms with Crippen LogP contribution in [0.25, 0.3) is 10.8 Å². The minimum atomic E-state index is -4.47. The van der Waals surface area contributed by atoms with E-state index in [-0.39, 0.29) is 5.56 Å². The van der Waals surface area contributed by atoms with Crippen molar-refractivity contribution in [2.75, 3.05) is 0 Å². The Morgan fingerprint density at radius 2 is 1.78 bits per heavy atom. The molecule has 94 valence electrons. The molecule has 2 aromatic rings. The molecular formula is C14H11F3O. The van der Waals surface area contributed by atoms with E-state index in [1.165, 1.54) is 0 Å². The summed E-state index contributed by atoms with van der Waals surface area (Å²) in [6.45, 7) is 1.65. The number of ketones is 1. The molecule has 2 rings (SSSR count). The van der Waals surface area contributed by atoms with Crippen LogP contribution >= 0.6 is 0 Å². The quantitative estimate of drug-likeness (QED) is 0.729. The number of fused-ring (bicyclic) bond motifs is 1. The van der Waals surface area contributed by atoms with Gasteiger partial charge in [0, 0.05) is 5.56 Å². The Labute approximate surface area is 102 Å². The Morgan fingerprint density at radius 1 is 1.11 bits per heavy atom. The van der Waals surface area contributed by atoms with Crippen LogP contribution in [0.1, 0.15) is 22.3 Å². The maximum absolute atomic E-state index is 12.3. The third kappa shape index (κ3) is 2.53. The number of Topliss-reactive ketones (excluding diaryl/α,β-unsaturated/α-hetero) is 1. The van der Waals surface area contributed by atoms with Crippen molar-refractivity contribution >= 4 is 16.6 Å². The van der Waals surface area contributed by atoms with Crippen LogP contribution in [0, 0.1) is 6.92 Å². The summed E-state index contributed by atoms with van der Waals surface area (Å²) in [5.74, 6) is -0.878. The molecule has 0 bridgehead atoms. The van der Waals surface area contributed by atoms with Crippen molar-refractivity contribution < 1.29 is 18.0 Å². The Balaban J connectivity index is 2.56. The van der Waals surface area contributed by atoms with Crippen LogP contribution in [0.5, 0.6) is 0 Å². The molecule has 4 heteroatoms. The van der Waals surface area contributed by atoms with Gasteiger partial charge in [-0.2, -0.15) is 13.2 Å². The molecule has 0 aromatic heterocycles. The molecule has 0 radical (unpaired) electrons. The molecule has 0 aliphatic rings. The molecule has 0 amide bonds. The lowest BCUT2D eigenvalue weighted by Gasteiger charge is -2.11. The van der Waals surface area contributed by atoms with Crippen molar-refractivity contribution in [2.24, 2.45) is 0 Å².